The fourth-order valence-electron chi connectivity index (χ4n) is 7.47. The van der Waals surface area contributed by atoms with Gasteiger partial charge in [-0.3, -0.25) is 0 Å². The Kier molecular flexibility index (Phi) is 7.62. The van der Waals surface area contributed by atoms with Crippen molar-refractivity contribution in [2.75, 3.05) is 0 Å². The number of furan rings is 1. The van der Waals surface area contributed by atoms with Crippen LogP contribution in [0.3, 0.4) is 0 Å². The standard InChI is InChI=1S/C45H37N3O/c1-4-13-30(14-5-1)33-19-10-20-34(27-33)35-21-11-22-36(28-35)37-25-26-40-39(29-37)42-38(23-12-24-41(42)49-40)45-47-43(31-15-6-2-7-16-31)46-44(48-45)32-17-8-3-9-18-32/h1-4,6-9,11-13,15-17,19,21-29,32,44H,5,10,14,18,20H2,(H,46,47,48). The molecular weight excluding hydrogens is 599 g/mol. The highest BCUT2D eigenvalue weighted by Crippen LogP contribution is 2.37. The van der Waals surface area contributed by atoms with Crippen molar-refractivity contribution < 1.29 is 4.42 Å². The first kappa shape index (κ1) is 29.4. The van der Waals surface area contributed by atoms with E-state index < -0.39 is 0 Å². The molecule has 0 saturated carbocycles. The van der Waals surface area contributed by atoms with Crippen LogP contribution in [0.1, 0.15) is 48.8 Å². The van der Waals surface area contributed by atoms with Crippen molar-refractivity contribution in [3.8, 4) is 11.1 Å². The van der Waals surface area contributed by atoms with E-state index in [1.54, 1.807) is 0 Å². The van der Waals surface area contributed by atoms with Gasteiger partial charge in [0.25, 0.3) is 0 Å². The van der Waals surface area contributed by atoms with Crippen molar-refractivity contribution in [3.63, 3.8) is 0 Å². The molecule has 0 amide bonds. The van der Waals surface area contributed by atoms with Gasteiger partial charge in [-0.15, -0.1) is 0 Å². The molecule has 0 bridgehead atoms. The lowest BCUT2D eigenvalue weighted by Gasteiger charge is -2.28. The molecule has 2 heterocycles. The van der Waals surface area contributed by atoms with Crippen LogP contribution >= 0.6 is 0 Å². The van der Waals surface area contributed by atoms with Crippen LogP contribution in [0.5, 0.6) is 0 Å². The van der Waals surface area contributed by atoms with Crippen LogP contribution in [0.4, 0.5) is 0 Å². The minimum atomic E-state index is -0.133. The van der Waals surface area contributed by atoms with Crippen LogP contribution < -0.4 is 5.32 Å². The zero-order valence-electron chi connectivity index (χ0n) is 27.3. The summed E-state index contributed by atoms with van der Waals surface area (Å²) in [6, 6.07) is 32.1. The first-order valence-corrected chi connectivity index (χ1v) is 17.4. The third-order valence-electron chi connectivity index (χ3n) is 10.0. The van der Waals surface area contributed by atoms with Crippen molar-refractivity contribution >= 4 is 39.2 Å². The van der Waals surface area contributed by atoms with Crippen LogP contribution in [-0.2, 0) is 0 Å². The third kappa shape index (κ3) is 5.74. The summed E-state index contributed by atoms with van der Waals surface area (Å²) >= 11 is 0. The molecule has 0 saturated heterocycles. The highest BCUT2D eigenvalue weighted by atomic mass is 16.3. The molecule has 4 aromatic carbocycles. The molecule has 0 fully saturated rings. The molecule has 0 radical (unpaired) electrons. The van der Waals surface area contributed by atoms with Gasteiger partial charge >= 0.3 is 0 Å². The van der Waals surface area contributed by atoms with E-state index in [9.17, 15) is 0 Å². The number of rotatable bonds is 6. The summed E-state index contributed by atoms with van der Waals surface area (Å²) in [6.45, 7) is 0. The number of amidine groups is 2. The van der Waals surface area contributed by atoms with Gasteiger partial charge in [0.2, 0.25) is 0 Å². The van der Waals surface area contributed by atoms with Gasteiger partial charge < -0.3 is 9.73 Å². The van der Waals surface area contributed by atoms with Gasteiger partial charge in [0, 0.05) is 27.8 Å². The molecule has 3 aliphatic carbocycles. The molecule has 4 heteroatoms. The van der Waals surface area contributed by atoms with Crippen molar-refractivity contribution in [2.24, 2.45) is 15.9 Å². The van der Waals surface area contributed by atoms with Crippen molar-refractivity contribution in [3.05, 3.63) is 174 Å². The Morgan fingerprint density at radius 2 is 1.55 bits per heavy atom. The molecule has 1 N–H and O–H groups in total. The number of allylic oxidation sites excluding steroid dienone is 11. The molecule has 4 nitrogen and oxygen atoms in total. The predicted octanol–water partition coefficient (Wildman–Crippen LogP) is 10.9. The van der Waals surface area contributed by atoms with Gasteiger partial charge in [-0.2, -0.15) is 0 Å². The van der Waals surface area contributed by atoms with E-state index in [-0.39, 0.29) is 12.1 Å². The highest BCUT2D eigenvalue weighted by Gasteiger charge is 2.27. The number of hydrogen-bond donors (Lipinski definition) is 1. The van der Waals surface area contributed by atoms with Gasteiger partial charge in [-0.25, -0.2) is 9.98 Å². The molecule has 2 atom stereocenters. The number of nitrogens with zero attached hydrogens (tertiary/aromatic N) is 2. The zero-order chi connectivity index (χ0) is 32.6. The highest BCUT2D eigenvalue weighted by molar-refractivity contribution is 6.22. The van der Waals surface area contributed by atoms with Crippen LogP contribution in [0.2, 0.25) is 0 Å². The molecule has 49 heavy (non-hydrogen) atoms. The molecule has 9 rings (SSSR count). The SMILES string of the molecule is C1=CCCC(C2=CCCC(c3cccc(-c4ccc5oc6cccc(C7=NC(c8ccccc8)=NC(C8C=CC=CC8)N7)c6c5c4)c3)=C2)=C1. The lowest BCUT2D eigenvalue weighted by molar-refractivity contribution is 0.475. The van der Waals surface area contributed by atoms with E-state index in [2.05, 4.69) is 133 Å². The quantitative estimate of drug-likeness (QED) is 0.202. The second-order valence-corrected chi connectivity index (χ2v) is 13.2. The Hall–Kier alpha value is -5.74. The lowest BCUT2D eigenvalue weighted by atomic mass is 9.87. The molecule has 5 aromatic rings. The summed E-state index contributed by atoms with van der Waals surface area (Å²) in [5, 5.41) is 5.87. The third-order valence-corrected chi connectivity index (χ3v) is 10.0. The number of nitrogens with one attached hydrogen (secondary N) is 1. The molecule has 0 spiro atoms. The summed E-state index contributed by atoms with van der Waals surface area (Å²) in [5.41, 5.74) is 11.6. The monoisotopic (exact) mass is 635 g/mol. The van der Waals surface area contributed by atoms with E-state index in [0.717, 1.165) is 76.8 Å². The minimum absolute atomic E-state index is 0.133. The smallest absolute Gasteiger partial charge is 0.159 e. The summed E-state index contributed by atoms with van der Waals surface area (Å²) in [5.74, 6) is 1.80. The second-order valence-electron chi connectivity index (χ2n) is 13.2. The summed E-state index contributed by atoms with van der Waals surface area (Å²) < 4.78 is 6.46. The van der Waals surface area contributed by atoms with Crippen molar-refractivity contribution in [1.82, 2.24) is 5.32 Å². The van der Waals surface area contributed by atoms with E-state index in [1.165, 1.54) is 33.4 Å². The van der Waals surface area contributed by atoms with E-state index in [4.69, 9.17) is 14.4 Å². The predicted molar refractivity (Wildman–Crippen MR) is 204 cm³/mol. The maximum Gasteiger partial charge on any atom is 0.159 e. The van der Waals surface area contributed by atoms with E-state index >= 15 is 0 Å². The summed E-state index contributed by atoms with van der Waals surface area (Å²) in [6.07, 6.45) is 25.4. The van der Waals surface area contributed by atoms with Gasteiger partial charge in [-0.1, -0.05) is 121 Å². The zero-order valence-corrected chi connectivity index (χ0v) is 27.3. The van der Waals surface area contributed by atoms with Crippen LogP contribution in [-0.4, -0.2) is 17.8 Å². The Bertz CT molecular complexity index is 2340. The topological polar surface area (TPSA) is 49.9 Å². The lowest BCUT2D eigenvalue weighted by Crippen LogP contribution is -2.43. The second kappa shape index (κ2) is 12.7. The number of hydrogen-bond acceptors (Lipinski definition) is 4. The Morgan fingerprint density at radius 1 is 0.694 bits per heavy atom. The summed E-state index contributed by atoms with van der Waals surface area (Å²) in [7, 11) is 0. The van der Waals surface area contributed by atoms with Crippen LogP contribution in [0.25, 0.3) is 38.6 Å². The Labute approximate surface area is 287 Å². The van der Waals surface area contributed by atoms with Gasteiger partial charge in [0.15, 0.2) is 5.84 Å². The van der Waals surface area contributed by atoms with Gasteiger partial charge in [0.05, 0.1) is 0 Å². The van der Waals surface area contributed by atoms with Gasteiger partial charge in [0.1, 0.15) is 23.2 Å². The molecule has 1 aliphatic heterocycles. The maximum atomic E-state index is 6.46. The Balaban J connectivity index is 1.11. The van der Waals surface area contributed by atoms with E-state index in [0.29, 0.717) is 0 Å². The number of fused-ring (bicyclic) bond motifs is 3. The fraction of sp³-hybridized carbons (Fsp3) is 0.156. The number of benzene rings is 4. The molecule has 4 aliphatic rings. The van der Waals surface area contributed by atoms with Crippen molar-refractivity contribution in [2.45, 2.75) is 38.3 Å². The largest absolute Gasteiger partial charge is 0.456 e. The molecular formula is C45H37N3O. The molecule has 2 unspecified atom stereocenters. The average molecular weight is 636 g/mol. The van der Waals surface area contributed by atoms with Crippen molar-refractivity contribution in [1.29, 1.82) is 0 Å². The van der Waals surface area contributed by atoms with E-state index in [1.807, 2.05) is 18.2 Å². The normalized spacial score (nSPS) is 20.4. The minimum Gasteiger partial charge on any atom is -0.456 e. The summed E-state index contributed by atoms with van der Waals surface area (Å²) in [4.78, 5) is 10.2. The molecule has 238 valence electrons. The van der Waals surface area contributed by atoms with Gasteiger partial charge in [-0.05, 0) is 89.8 Å². The first-order valence-electron chi connectivity index (χ1n) is 17.4. The average Bonchev–Trinajstić information content (AvgIpc) is 3.57. The molecule has 1 aromatic heterocycles. The van der Waals surface area contributed by atoms with Crippen LogP contribution in [0, 0.1) is 5.92 Å². The van der Waals surface area contributed by atoms with Crippen LogP contribution in [0.15, 0.2) is 171 Å². The number of aliphatic imine (C=N–C) groups is 2. The maximum absolute atomic E-state index is 6.46. The fourth-order valence-corrected chi connectivity index (χ4v) is 7.47. The first-order chi connectivity index (χ1) is 24.3. The Morgan fingerprint density at radius 3 is 2.43 bits per heavy atom.